The SMILES string of the molecule is NC(=O)[C@@H]1C[C@@H](Oc2nc(-c3ccc(Cl)cc3)nc3c2sc2ncccc23)CN1C(=O)CCCCCC/C=C\[C@@H]1C[C@@H]1C(=O)NS(=O)(=O)C1CC1. The Hall–Kier alpha value is -4.14. The number of primary amides is 1. The lowest BCUT2D eigenvalue weighted by atomic mass is 10.1. The summed E-state index contributed by atoms with van der Waals surface area (Å²) in [6.07, 6.45) is 12.0. The molecule has 2 aliphatic carbocycles. The molecule has 7 rings (SSSR count). The standard InChI is InChI=1S/C36H39ClN6O6S2/c37-23-13-11-21(12-14-23)33-40-30-26-9-7-17-39-36(26)50-31(30)35(41-33)49-24-19-28(32(38)45)43(20-24)29(44)10-6-4-2-1-3-5-8-22-18-27(22)34(46)42-51(47,48)25-15-16-25/h5,7-9,11-14,17,22,24-25,27-28H,1-4,6,10,15-16,18-20H2,(H2,38,45)(H,42,46)/b8-5-/t22-,24-,27+,28+/m1/s1. The maximum atomic E-state index is 13.3. The number of allylic oxidation sites excluding steroid dienone is 2. The van der Waals surface area contributed by atoms with Crippen LogP contribution in [0, 0.1) is 11.8 Å². The van der Waals surface area contributed by atoms with E-state index in [1.807, 2.05) is 30.3 Å². The minimum Gasteiger partial charge on any atom is -0.471 e. The quantitative estimate of drug-likeness (QED) is 0.117. The van der Waals surface area contributed by atoms with Crippen LogP contribution in [-0.2, 0) is 24.4 Å². The van der Waals surface area contributed by atoms with Crippen LogP contribution in [0.25, 0.3) is 31.8 Å². The summed E-state index contributed by atoms with van der Waals surface area (Å²) in [6.45, 7) is 0.217. The maximum Gasteiger partial charge on any atom is 0.240 e. The molecule has 3 aliphatic rings. The number of halogens is 1. The van der Waals surface area contributed by atoms with Crippen molar-refractivity contribution in [3.63, 3.8) is 0 Å². The Balaban J connectivity index is 0.906. The molecule has 4 heterocycles. The zero-order chi connectivity index (χ0) is 35.7. The van der Waals surface area contributed by atoms with Crippen molar-refractivity contribution in [2.75, 3.05) is 6.54 Å². The van der Waals surface area contributed by atoms with E-state index in [0.717, 1.165) is 46.2 Å². The van der Waals surface area contributed by atoms with E-state index in [0.29, 0.717) is 54.3 Å². The predicted molar refractivity (Wildman–Crippen MR) is 195 cm³/mol. The first-order valence-corrected chi connectivity index (χ1v) is 20.1. The Morgan fingerprint density at radius 3 is 2.61 bits per heavy atom. The lowest BCUT2D eigenvalue weighted by molar-refractivity contribution is -0.137. The number of hydrogen-bond acceptors (Lipinski definition) is 10. The van der Waals surface area contributed by atoms with E-state index in [2.05, 4.69) is 15.8 Å². The molecule has 268 valence electrons. The van der Waals surface area contributed by atoms with Gasteiger partial charge >= 0.3 is 0 Å². The highest BCUT2D eigenvalue weighted by atomic mass is 35.5. The summed E-state index contributed by atoms with van der Waals surface area (Å²) < 4.78 is 33.4. The zero-order valence-electron chi connectivity index (χ0n) is 27.9. The highest BCUT2D eigenvalue weighted by molar-refractivity contribution is 7.90. The Morgan fingerprint density at radius 2 is 1.84 bits per heavy atom. The van der Waals surface area contributed by atoms with Crippen molar-refractivity contribution in [1.29, 1.82) is 0 Å². The summed E-state index contributed by atoms with van der Waals surface area (Å²) in [5.74, 6) is -0.426. The molecule has 0 bridgehead atoms. The van der Waals surface area contributed by atoms with Crippen LogP contribution in [0.2, 0.25) is 5.02 Å². The third kappa shape index (κ3) is 8.18. The molecule has 15 heteroatoms. The Kier molecular flexibility index (Phi) is 10.3. The molecule has 1 aliphatic heterocycles. The molecule has 4 aromatic rings. The van der Waals surface area contributed by atoms with E-state index in [-0.39, 0.29) is 36.6 Å². The number of amides is 3. The summed E-state index contributed by atoms with van der Waals surface area (Å²) in [6, 6.07) is 10.3. The minimum atomic E-state index is -3.50. The Bertz CT molecular complexity index is 2100. The Morgan fingerprint density at radius 1 is 1.06 bits per heavy atom. The van der Waals surface area contributed by atoms with Crippen LogP contribution in [0.4, 0.5) is 0 Å². The van der Waals surface area contributed by atoms with Crippen LogP contribution in [-0.4, -0.2) is 69.9 Å². The number of unbranched alkanes of at least 4 members (excludes halogenated alkanes) is 4. The number of thiophene rings is 1. The third-order valence-corrected chi connectivity index (χ3v) is 12.8. The number of carbonyl (C=O) groups excluding carboxylic acids is 3. The van der Waals surface area contributed by atoms with E-state index in [1.165, 1.54) is 11.3 Å². The molecule has 0 radical (unpaired) electrons. The van der Waals surface area contributed by atoms with Crippen LogP contribution in [0.5, 0.6) is 5.88 Å². The molecule has 1 aromatic carbocycles. The van der Waals surface area contributed by atoms with E-state index < -0.39 is 33.3 Å². The fourth-order valence-corrected chi connectivity index (χ4v) is 9.06. The Labute approximate surface area is 304 Å². The number of fused-ring (bicyclic) bond motifs is 3. The van der Waals surface area contributed by atoms with Gasteiger partial charge in [-0.3, -0.25) is 19.1 Å². The van der Waals surface area contributed by atoms with E-state index >= 15 is 0 Å². The second-order valence-electron chi connectivity index (χ2n) is 13.5. The molecule has 3 aromatic heterocycles. The van der Waals surface area contributed by atoms with Crippen molar-refractivity contribution in [2.45, 2.75) is 81.6 Å². The van der Waals surface area contributed by atoms with Gasteiger partial charge in [0.1, 0.15) is 21.7 Å². The van der Waals surface area contributed by atoms with E-state index in [4.69, 9.17) is 32.0 Å². The summed E-state index contributed by atoms with van der Waals surface area (Å²) in [5, 5.41) is 1.08. The highest BCUT2D eigenvalue weighted by Crippen LogP contribution is 2.41. The predicted octanol–water partition coefficient (Wildman–Crippen LogP) is 5.53. The zero-order valence-corrected chi connectivity index (χ0v) is 30.3. The van der Waals surface area contributed by atoms with Gasteiger partial charge < -0.3 is 15.4 Å². The van der Waals surface area contributed by atoms with Gasteiger partial charge in [-0.05, 0) is 80.8 Å². The number of nitrogens with zero attached hydrogens (tertiary/aromatic N) is 4. The number of nitrogens with one attached hydrogen (secondary N) is 1. The van der Waals surface area contributed by atoms with Crippen LogP contribution < -0.4 is 15.2 Å². The monoisotopic (exact) mass is 750 g/mol. The molecule has 12 nitrogen and oxygen atoms in total. The number of nitrogens with two attached hydrogens (primary N) is 1. The number of likely N-dealkylation sites (tertiary alicyclic amines) is 1. The maximum absolute atomic E-state index is 13.3. The average Bonchev–Trinajstić information content (AvgIpc) is 4.03. The number of aromatic nitrogens is 3. The number of ether oxygens (including phenoxy) is 1. The third-order valence-electron chi connectivity index (χ3n) is 9.63. The first kappa shape index (κ1) is 35.3. The number of pyridine rings is 1. The van der Waals surface area contributed by atoms with Crippen LogP contribution in [0.1, 0.15) is 64.2 Å². The first-order valence-electron chi connectivity index (χ1n) is 17.4. The van der Waals surface area contributed by atoms with Gasteiger partial charge in [0.2, 0.25) is 33.6 Å². The number of benzene rings is 1. The molecule has 3 amide bonds. The highest BCUT2D eigenvalue weighted by Gasteiger charge is 2.45. The molecular formula is C36H39ClN6O6S2. The van der Waals surface area contributed by atoms with Crippen molar-refractivity contribution in [1.82, 2.24) is 24.6 Å². The molecule has 0 unspecified atom stereocenters. The van der Waals surface area contributed by atoms with Gasteiger partial charge in [-0.25, -0.2) is 18.4 Å². The second kappa shape index (κ2) is 14.8. The van der Waals surface area contributed by atoms with Crippen LogP contribution in [0.3, 0.4) is 0 Å². The normalized spacial score (nSPS) is 21.8. The van der Waals surface area contributed by atoms with Gasteiger partial charge in [0, 0.05) is 40.9 Å². The van der Waals surface area contributed by atoms with Gasteiger partial charge in [0.25, 0.3) is 0 Å². The lowest BCUT2D eigenvalue weighted by Gasteiger charge is -2.21. The smallest absolute Gasteiger partial charge is 0.240 e. The van der Waals surface area contributed by atoms with Crippen LogP contribution in [0.15, 0.2) is 54.7 Å². The molecule has 1 saturated heterocycles. The molecule has 4 atom stereocenters. The summed E-state index contributed by atoms with van der Waals surface area (Å²) in [5.41, 5.74) is 7.25. The molecule has 2 saturated carbocycles. The van der Waals surface area contributed by atoms with E-state index in [1.54, 1.807) is 23.2 Å². The number of carbonyl (C=O) groups is 3. The van der Waals surface area contributed by atoms with Crippen molar-refractivity contribution < 1.29 is 27.5 Å². The van der Waals surface area contributed by atoms with Gasteiger partial charge in [-0.2, -0.15) is 4.98 Å². The molecule has 0 spiro atoms. The van der Waals surface area contributed by atoms with Gasteiger partial charge in [0.15, 0.2) is 5.82 Å². The second-order valence-corrected chi connectivity index (χ2v) is 16.9. The van der Waals surface area contributed by atoms with Crippen LogP contribution >= 0.6 is 22.9 Å². The molecule has 3 fully saturated rings. The largest absolute Gasteiger partial charge is 0.471 e. The van der Waals surface area contributed by atoms with Gasteiger partial charge in [0.05, 0.1) is 17.3 Å². The number of rotatable bonds is 15. The van der Waals surface area contributed by atoms with Gasteiger partial charge in [-0.15, -0.1) is 11.3 Å². The van der Waals surface area contributed by atoms with Crippen molar-refractivity contribution in [3.05, 3.63) is 59.8 Å². The molecule has 51 heavy (non-hydrogen) atoms. The number of hydrogen-bond donors (Lipinski definition) is 2. The lowest BCUT2D eigenvalue weighted by Crippen LogP contribution is -2.43. The fraction of sp³-hybridized carbons (Fsp3) is 0.444. The van der Waals surface area contributed by atoms with Gasteiger partial charge in [-0.1, -0.05) is 36.6 Å². The van der Waals surface area contributed by atoms with Crippen molar-refractivity contribution >= 4 is 71.1 Å². The number of sulfonamides is 1. The van der Waals surface area contributed by atoms with Crippen molar-refractivity contribution in [3.8, 4) is 17.3 Å². The van der Waals surface area contributed by atoms with E-state index in [9.17, 15) is 22.8 Å². The van der Waals surface area contributed by atoms with Crippen molar-refractivity contribution in [2.24, 2.45) is 17.6 Å². The molecular weight excluding hydrogens is 712 g/mol. The fourth-order valence-electron chi connectivity index (χ4n) is 6.56. The minimum absolute atomic E-state index is 0.0938. The summed E-state index contributed by atoms with van der Waals surface area (Å²) in [4.78, 5) is 54.5. The average molecular weight is 751 g/mol. The molecule has 3 N–H and O–H groups in total. The summed E-state index contributed by atoms with van der Waals surface area (Å²) in [7, 11) is -3.50. The summed E-state index contributed by atoms with van der Waals surface area (Å²) >= 11 is 7.55. The topological polar surface area (TPSA) is 175 Å². The first-order chi connectivity index (χ1) is 24.6.